The maximum atomic E-state index is 12.4. The second-order valence-corrected chi connectivity index (χ2v) is 6.55. The summed E-state index contributed by atoms with van der Waals surface area (Å²) in [5, 5.41) is 0.482. The van der Waals surface area contributed by atoms with Crippen LogP contribution >= 0.6 is 11.6 Å². The molecule has 0 bridgehead atoms. The molecule has 6 nitrogen and oxygen atoms in total. The molecule has 1 amide bonds. The van der Waals surface area contributed by atoms with Gasteiger partial charge in [-0.1, -0.05) is 17.7 Å². The van der Waals surface area contributed by atoms with E-state index in [0.717, 1.165) is 0 Å². The predicted molar refractivity (Wildman–Crippen MR) is 95.0 cm³/mol. The lowest BCUT2D eigenvalue weighted by atomic mass is 10.1. The molecule has 0 N–H and O–H groups in total. The number of carbonyl (C=O) groups is 2. The molecule has 2 heterocycles. The Hall–Kier alpha value is -2.73. The van der Waals surface area contributed by atoms with E-state index >= 15 is 0 Å². The summed E-state index contributed by atoms with van der Waals surface area (Å²) in [6.45, 7) is 1.24. The zero-order valence-electron chi connectivity index (χ0n) is 13.8. The molecule has 7 heteroatoms. The number of nitrogens with zero attached hydrogens (tertiary/aromatic N) is 1. The minimum Gasteiger partial charge on any atom is -0.486 e. The topological polar surface area (TPSA) is 65.1 Å². The second-order valence-electron chi connectivity index (χ2n) is 6.11. The summed E-state index contributed by atoms with van der Waals surface area (Å²) >= 11 is 5.90. The number of hydrogen-bond acceptors (Lipinski definition) is 5. The third kappa shape index (κ3) is 3.32. The Kier molecular flexibility index (Phi) is 4.42. The molecule has 2 aromatic carbocycles. The van der Waals surface area contributed by atoms with Gasteiger partial charge < -0.3 is 19.1 Å². The van der Waals surface area contributed by atoms with E-state index in [0.29, 0.717) is 41.2 Å². The van der Waals surface area contributed by atoms with Crippen molar-refractivity contribution in [3.05, 3.63) is 47.5 Å². The van der Waals surface area contributed by atoms with Crippen LogP contribution < -0.4 is 19.1 Å². The van der Waals surface area contributed by atoms with Crippen molar-refractivity contribution >= 4 is 29.2 Å². The van der Waals surface area contributed by atoms with E-state index in [-0.39, 0.29) is 18.9 Å². The highest BCUT2D eigenvalue weighted by Crippen LogP contribution is 2.36. The van der Waals surface area contributed by atoms with Crippen molar-refractivity contribution in [2.45, 2.75) is 6.42 Å². The van der Waals surface area contributed by atoms with E-state index < -0.39 is 11.9 Å². The van der Waals surface area contributed by atoms with E-state index in [1.54, 1.807) is 47.4 Å². The van der Waals surface area contributed by atoms with Gasteiger partial charge in [0, 0.05) is 29.7 Å². The van der Waals surface area contributed by atoms with Crippen LogP contribution in [-0.2, 0) is 9.59 Å². The van der Waals surface area contributed by atoms with Gasteiger partial charge in [0.25, 0.3) is 0 Å². The first kappa shape index (κ1) is 16.7. The summed E-state index contributed by atoms with van der Waals surface area (Å²) in [7, 11) is 0. The molecule has 0 radical (unpaired) electrons. The van der Waals surface area contributed by atoms with Crippen molar-refractivity contribution in [2.75, 3.05) is 24.7 Å². The summed E-state index contributed by atoms with van der Waals surface area (Å²) in [5.41, 5.74) is 0.678. The molecule has 2 aliphatic heterocycles. The van der Waals surface area contributed by atoms with Crippen LogP contribution in [0.15, 0.2) is 42.5 Å². The zero-order chi connectivity index (χ0) is 18.1. The number of carbonyl (C=O) groups excluding carboxylic acids is 2. The van der Waals surface area contributed by atoms with Gasteiger partial charge in [0.2, 0.25) is 5.91 Å². The molecule has 4 rings (SSSR count). The van der Waals surface area contributed by atoms with Crippen molar-refractivity contribution in [2.24, 2.45) is 5.92 Å². The number of benzene rings is 2. The van der Waals surface area contributed by atoms with Crippen molar-refractivity contribution in [1.82, 2.24) is 0 Å². The van der Waals surface area contributed by atoms with Crippen LogP contribution in [0.25, 0.3) is 0 Å². The summed E-state index contributed by atoms with van der Waals surface area (Å²) in [4.78, 5) is 26.4. The van der Waals surface area contributed by atoms with Crippen molar-refractivity contribution in [3.8, 4) is 17.2 Å². The molecule has 0 saturated carbocycles. The molecule has 2 aliphatic rings. The fourth-order valence-electron chi connectivity index (χ4n) is 3.04. The summed E-state index contributed by atoms with van der Waals surface area (Å²) in [6, 6.07) is 11.9. The van der Waals surface area contributed by atoms with Crippen LogP contribution in [0, 0.1) is 5.92 Å². The molecule has 2 aromatic rings. The van der Waals surface area contributed by atoms with Crippen LogP contribution in [-0.4, -0.2) is 31.6 Å². The van der Waals surface area contributed by atoms with E-state index in [1.807, 2.05) is 0 Å². The second kappa shape index (κ2) is 6.88. The van der Waals surface area contributed by atoms with Gasteiger partial charge in [0.15, 0.2) is 11.5 Å². The molecule has 0 aromatic heterocycles. The molecule has 1 saturated heterocycles. The Morgan fingerprint density at radius 2 is 1.92 bits per heavy atom. The fourth-order valence-corrected chi connectivity index (χ4v) is 3.23. The first-order chi connectivity index (χ1) is 12.6. The standard InChI is InChI=1S/C19H16ClNO5/c20-13-2-1-3-15(9-13)26-19(23)12-8-18(22)21(11-12)14-4-5-16-17(10-14)25-7-6-24-16/h1-5,9-10,12H,6-8,11H2/t12-/m1/s1. The maximum absolute atomic E-state index is 12.4. The lowest BCUT2D eigenvalue weighted by molar-refractivity contribution is -0.139. The largest absolute Gasteiger partial charge is 0.486 e. The van der Waals surface area contributed by atoms with Crippen LogP contribution in [0.5, 0.6) is 17.2 Å². The summed E-state index contributed by atoms with van der Waals surface area (Å²) < 4.78 is 16.4. The van der Waals surface area contributed by atoms with Gasteiger partial charge in [0.1, 0.15) is 19.0 Å². The zero-order valence-corrected chi connectivity index (χ0v) is 14.6. The highest BCUT2D eigenvalue weighted by atomic mass is 35.5. The van der Waals surface area contributed by atoms with Crippen molar-refractivity contribution in [1.29, 1.82) is 0 Å². The number of rotatable bonds is 3. The number of halogens is 1. The first-order valence-corrected chi connectivity index (χ1v) is 8.65. The molecule has 26 heavy (non-hydrogen) atoms. The van der Waals surface area contributed by atoms with Crippen LogP contribution in [0.3, 0.4) is 0 Å². The average Bonchev–Trinajstić information content (AvgIpc) is 3.03. The maximum Gasteiger partial charge on any atom is 0.316 e. The SMILES string of the molecule is O=C(Oc1cccc(Cl)c1)[C@@H]1CC(=O)N(c2ccc3c(c2)OCCO3)C1. The Bertz CT molecular complexity index is 869. The summed E-state index contributed by atoms with van der Waals surface area (Å²) in [6.07, 6.45) is 0.105. The number of anilines is 1. The van der Waals surface area contributed by atoms with Gasteiger partial charge in [-0.2, -0.15) is 0 Å². The van der Waals surface area contributed by atoms with Gasteiger partial charge >= 0.3 is 5.97 Å². The fraction of sp³-hybridized carbons (Fsp3) is 0.263. The third-order valence-corrected chi connectivity index (χ3v) is 4.55. The molecule has 1 fully saturated rings. The Morgan fingerprint density at radius 1 is 1.12 bits per heavy atom. The Balaban J connectivity index is 1.47. The first-order valence-electron chi connectivity index (χ1n) is 8.27. The minimum atomic E-state index is -0.533. The van der Waals surface area contributed by atoms with Gasteiger partial charge in [-0.3, -0.25) is 9.59 Å². The number of fused-ring (bicyclic) bond motifs is 1. The minimum absolute atomic E-state index is 0.105. The molecule has 1 atom stereocenters. The van der Waals surface area contributed by atoms with Crippen molar-refractivity contribution in [3.63, 3.8) is 0 Å². The third-order valence-electron chi connectivity index (χ3n) is 4.31. The monoisotopic (exact) mass is 373 g/mol. The van der Waals surface area contributed by atoms with Gasteiger partial charge in [-0.15, -0.1) is 0 Å². The predicted octanol–water partition coefficient (Wildman–Crippen LogP) is 3.07. The smallest absolute Gasteiger partial charge is 0.316 e. The van der Waals surface area contributed by atoms with Crippen molar-refractivity contribution < 1.29 is 23.8 Å². The number of esters is 1. The highest BCUT2D eigenvalue weighted by molar-refractivity contribution is 6.30. The van der Waals surface area contributed by atoms with Gasteiger partial charge in [-0.05, 0) is 30.3 Å². The van der Waals surface area contributed by atoms with Gasteiger partial charge in [0.05, 0.1) is 5.92 Å². The highest BCUT2D eigenvalue weighted by Gasteiger charge is 2.36. The lowest BCUT2D eigenvalue weighted by Crippen LogP contribution is -2.27. The summed E-state index contributed by atoms with van der Waals surface area (Å²) in [5.74, 6) is 0.521. The van der Waals surface area contributed by atoms with E-state index in [9.17, 15) is 9.59 Å². The Morgan fingerprint density at radius 3 is 2.73 bits per heavy atom. The van der Waals surface area contributed by atoms with E-state index in [2.05, 4.69) is 0 Å². The van der Waals surface area contributed by atoms with E-state index in [4.69, 9.17) is 25.8 Å². The number of amides is 1. The number of hydrogen-bond donors (Lipinski definition) is 0. The van der Waals surface area contributed by atoms with Crippen LogP contribution in [0.4, 0.5) is 5.69 Å². The molecule has 0 unspecified atom stereocenters. The molecule has 0 spiro atoms. The van der Waals surface area contributed by atoms with Gasteiger partial charge in [-0.25, -0.2) is 0 Å². The number of ether oxygens (including phenoxy) is 3. The molecular weight excluding hydrogens is 358 g/mol. The Labute approximate surface area is 155 Å². The molecular formula is C19H16ClNO5. The van der Waals surface area contributed by atoms with Crippen LogP contribution in [0.1, 0.15) is 6.42 Å². The normalized spacial score (nSPS) is 18.7. The molecule has 0 aliphatic carbocycles. The lowest BCUT2D eigenvalue weighted by Gasteiger charge is -2.22. The average molecular weight is 374 g/mol. The van der Waals surface area contributed by atoms with Crippen LogP contribution in [0.2, 0.25) is 5.02 Å². The quantitative estimate of drug-likeness (QED) is 0.611. The molecule has 134 valence electrons. The van der Waals surface area contributed by atoms with E-state index in [1.165, 1.54) is 0 Å².